The van der Waals surface area contributed by atoms with Gasteiger partial charge in [-0.05, 0) is 34.6 Å². The summed E-state index contributed by atoms with van der Waals surface area (Å²) >= 11 is 0. The van der Waals surface area contributed by atoms with Gasteiger partial charge in [0.25, 0.3) is 5.56 Å². The second kappa shape index (κ2) is 6.24. The molecule has 1 aromatic heterocycles. The maximum Gasteiger partial charge on any atom is 0.425 e. The summed E-state index contributed by atoms with van der Waals surface area (Å²) in [5, 5.41) is 0. The fourth-order valence-electron chi connectivity index (χ4n) is 3.54. The van der Waals surface area contributed by atoms with Crippen molar-refractivity contribution >= 4 is 6.09 Å². The molecule has 154 valence electrons. The molecule has 0 aromatic carbocycles. The normalized spacial score (nSPS) is 33.5. The average molecular weight is 396 g/mol. The molecule has 0 aliphatic carbocycles. The Balaban J connectivity index is 1.71. The highest BCUT2D eigenvalue weighted by atomic mass is 16.8. The first-order valence-electron chi connectivity index (χ1n) is 9.17. The van der Waals surface area contributed by atoms with E-state index in [-0.39, 0.29) is 6.10 Å². The predicted octanol–water partition coefficient (Wildman–Crippen LogP) is 0.610. The molecule has 0 N–H and O–H groups in total. The summed E-state index contributed by atoms with van der Waals surface area (Å²) in [5.74, 6) is -0.853. The number of nitrogens with zero attached hydrogens (tertiary/aromatic N) is 2. The lowest BCUT2D eigenvalue weighted by Gasteiger charge is -2.25. The highest BCUT2D eigenvalue weighted by molar-refractivity contribution is 5.70. The van der Waals surface area contributed by atoms with Crippen LogP contribution in [0.25, 0.3) is 0 Å². The van der Waals surface area contributed by atoms with E-state index in [1.165, 1.54) is 6.20 Å². The van der Waals surface area contributed by atoms with Gasteiger partial charge in [-0.2, -0.15) is 4.57 Å². The quantitative estimate of drug-likeness (QED) is 0.669. The molecule has 0 unspecified atom stereocenters. The maximum absolute atomic E-state index is 13.0. The van der Waals surface area contributed by atoms with Crippen molar-refractivity contribution in [3.05, 3.63) is 33.1 Å². The fraction of sp³-hybridized carbons (Fsp3) is 0.722. The second-order valence-corrected chi connectivity index (χ2v) is 8.59. The summed E-state index contributed by atoms with van der Waals surface area (Å²) in [6, 6.07) is 1.12. The number of ether oxygens (including phenoxy) is 5. The van der Waals surface area contributed by atoms with E-state index in [4.69, 9.17) is 23.7 Å². The van der Waals surface area contributed by atoms with Gasteiger partial charge in [-0.3, -0.25) is 9.36 Å². The van der Waals surface area contributed by atoms with Crippen LogP contribution in [0.5, 0.6) is 0 Å². The molecule has 3 aliphatic heterocycles. The van der Waals surface area contributed by atoms with E-state index in [0.717, 1.165) is 10.6 Å². The second-order valence-electron chi connectivity index (χ2n) is 8.59. The number of fused-ring (bicyclic) bond motifs is 1. The Labute approximate surface area is 160 Å². The van der Waals surface area contributed by atoms with Crippen LogP contribution in [0.4, 0.5) is 4.79 Å². The summed E-state index contributed by atoms with van der Waals surface area (Å²) in [6.07, 6.45) is -2.20. The van der Waals surface area contributed by atoms with E-state index in [1.54, 1.807) is 34.6 Å². The van der Waals surface area contributed by atoms with Crippen LogP contribution in [0.2, 0.25) is 0 Å². The summed E-state index contributed by atoms with van der Waals surface area (Å²) < 4.78 is 30.0. The van der Waals surface area contributed by atoms with Crippen molar-refractivity contribution in [1.29, 1.82) is 0 Å². The molecule has 0 amide bonds. The standard InChI is InChI=1S/C18H24N2O8/c1-17(2,3)28-16(23)20-10(21)6-7-19(15(20)22)14-13-12(26-18(4,5)27-13)11(25-14)9-8-24-9/h6-7,9,11-14H,8H2,1-5H3/t9-,11-,12-,13-,14-/m1/s1. The van der Waals surface area contributed by atoms with Gasteiger partial charge in [0.15, 0.2) is 12.0 Å². The molecule has 28 heavy (non-hydrogen) atoms. The van der Waals surface area contributed by atoms with Gasteiger partial charge in [-0.1, -0.05) is 0 Å². The van der Waals surface area contributed by atoms with E-state index >= 15 is 0 Å². The molecule has 5 atom stereocenters. The molecule has 4 rings (SSSR count). The third-order valence-corrected chi connectivity index (χ3v) is 4.65. The predicted molar refractivity (Wildman–Crippen MR) is 94.1 cm³/mol. The van der Waals surface area contributed by atoms with Crippen molar-refractivity contribution in [1.82, 2.24) is 9.13 Å². The zero-order chi connectivity index (χ0) is 20.4. The monoisotopic (exact) mass is 396 g/mol. The zero-order valence-corrected chi connectivity index (χ0v) is 16.4. The number of hydrogen-bond acceptors (Lipinski definition) is 8. The lowest BCUT2D eigenvalue weighted by Crippen LogP contribution is -2.47. The molecule has 1 aromatic rings. The van der Waals surface area contributed by atoms with Crippen molar-refractivity contribution in [2.24, 2.45) is 0 Å². The third kappa shape index (κ3) is 3.41. The van der Waals surface area contributed by atoms with Crippen molar-refractivity contribution in [3.8, 4) is 0 Å². The number of carbonyl (C=O) groups is 1. The average Bonchev–Trinajstić information content (AvgIpc) is 3.25. The zero-order valence-electron chi connectivity index (χ0n) is 16.4. The highest BCUT2D eigenvalue weighted by Crippen LogP contribution is 2.45. The van der Waals surface area contributed by atoms with Gasteiger partial charge in [0.1, 0.15) is 30.0 Å². The van der Waals surface area contributed by atoms with Gasteiger partial charge in [0.05, 0.1) is 6.61 Å². The van der Waals surface area contributed by atoms with Gasteiger partial charge in [0, 0.05) is 12.3 Å². The molecule has 10 heteroatoms. The minimum atomic E-state index is -1.04. The fourth-order valence-corrected chi connectivity index (χ4v) is 3.54. The molecule has 0 saturated carbocycles. The lowest BCUT2D eigenvalue weighted by molar-refractivity contribution is -0.199. The van der Waals surface area contributed by atoms with E-state index in [2.05, 4.69) is 0 Å². The summed E-state index contributed by atoms with van der Waals surface area (Å²) in [5.41, 5.74) is -2.51. The third-order valence-electron chi connectivity index (χ3n) is 4.65. The Bertz CT molecular complexity index is 907. The minimum absolute atomic E-state index is 0.137. The SMILES string of the molecule is CC(C)(C)OC(=O)n1c(=O)ccn([C@@H]2O[C@H]([C@H]3CO3)[C@H]3OC(C)(C)O[C@H]32)c1=O. The number of hydrogen-bond donors (Lipinski definition) is 0. The molecule has 3 fully saturated rings. The van der Waals surface area contributed by atoms with Crippen molar-refractivity contribution in [3.63, 3.8) is 0 Å². The van der Waals surface area contributed by atoms with E-state index in [1.807, 2.05) is 0 Å². The minimum Gasteiger partial charge on any atom is -0.443 e. The molecule has 10 nitrogen and oxygen atoms in total. The molecular weight excluding hydrogens is 372 g/mol. The first kappa shape index (κ1) is 19.3. The molecule has 0 bridgehead atoms. The van der Waals surface area contributed by atoms with E-state index in [0.29, 0.717) is 11.2 Å². The number of rotatable bonds is 2. The Morgan fingerprint density at radius 2 is 1.82 bits per heavy atom. The van der Waals surface area contributed by atoms with Crippen molar-refractivity contribution < 1.29 is 28.5 Å². The molecular formula is C18H24N2O8. The van der Waals surface area contributed by atoms with E-state index < -0.39 is 53.3 Å². The summed E-state index contributed by atoms with van der Waals surface area (Å²) in [7, 11) is 0. The molecule has 0 radical (unpaired) electrons. The van der Waals surface area contributed by atoms with Crippen LogP contribution < -0.4 is 11.2 Å². The smallest absolute Gasteiger partial charge is 0.425 e. The van der Waals surface area contributed by atoms with Gasteiger partial charge >= 0.3 is 11.8 Å². The first-order chi connectivity index (χ1) is 13.0. The number of carbonyl (C=O) groups excluding carboxylic acids is 1. The van der Waals surface area contributed by atoms with Crippen LogP contribution in [0, 0.1) is 0 Å². The van der Waals surface area contributed by atoms with Crippen LogP contribution >= 0.6 is 0 Å². The largest absolute Gasteiger partial charge is 0.443 e. The van der Waals surface area contributed by atoms with Gasteiger partial charge in [0.2, 0.25) is 0 Å². The Kier molecular flexibility index (Phi) is 4.31. The summed E-state index contributed by atoms with van der Waals surface area (Å²) in [4.78, 5) is 37.5. The molecule has 4 heterocycles. The Hall–Kier alpha value is -2.01. The van der Waals surface area contributed by atoms with E-state index in [9.17, 15) is 14.4 Å². The number of epoxide rings is 1. The van der Waals surface area contributed by atoms with Crippen LogP contribution in [0.15, 0.2) is 21.9 Å². The summed E-state index contributed by atoms with van der Waals surface area (Å²) in [6.45, 7) is 9.03. The lowest BCUT2D eigenvalue weighted by atomic mass is 10.1. The first-order valence-corrected chi connectivity index (χ1v) is 9.17. The van der Waals surface area contributed by atoms with Gasteiger partial charge in [-0.25, -0.2) is 9.59 Å². The van der Waals surface area contributed by atoms with Gasteiger partial charge < -0.3 is 23.7 Å². The van der Waals surface area contributed by atoms with Crippen molar-refractivity contribution in [2.75, 3.05) is 6.61 Å². The maximum atomic E-state index is 13.0. The number of aromatic nitrogens is 2. The molecule has 3 aliphatic rings. The Morgan fingerprint density at radius 1 is 1.18 bits per heavy atom. The van der Waals surface area contributed by atoms with Crippen LogP contribution in [0.3, 0.4) is 0 Å². The molecule has 0 spiro atoms. The van der Waals surface area contributed by atoms with Crippen LogP contribution in [0.1, 0.15) is 40.8 Å². The Morgan fingerprint density at radius 3 is 2.43 bits per heavy atom. The topological polar surface area (TPSA) is 111 Å². The van der Waals surface area contributed by atoms with Crippen LogP contribution in [-0.4, -0.2) is 57.6 Å². The van der Waals surface area contributed by atoms with Gasteiger partial charge in [-0.15, -0.1) is 0 Å². The highest BCUT2D eigenvalue weighted by Gasteiger charge is 2.60. The van der Waals surface area contributed by atoms with Crippen LogP contribution in [-0.2, 0) is 23.7 Å². The van der Waals surface area contributed by atoms with Crippen molar-refractivity contribution in [2.45, 2.75) is 76.7 Å². The molecule has 3 saturated heterocycles.